The summed E-state index contributed by atoms with van der Waals surface area (Å²) in [7, 11) is 0. The second-order valence-electron chi connectivity index (χ2n) is 6.31. The summed E-state index contributed by atoms with van der Waals surface area (Å²) in [5, 5.41) is 12.1. The summed E-state index contributed by atoms with van der Waals surface area (Å²) in [6.07, 6.45) is 3.41. The predicted molar refractivity (Wildman–Crippen MR) is 94.9 cm³/mol. The Balaban J connectivity index is 1.55. The van der Waals surface area contributed by atoms with E-state index in [4.69, 9.17) is 5.26 Å². The highest BCUT2D eigenvalue weighted by atomic mass is 32.1. The van der Waals surface area contributed by atoms with E-state index in [1.165, 1.54) is 0 Å². The minimum Gasteiger partial charge on any atom is -0.342 e. The first-order valence-corrected chi connectivity index (χ1v) is 9.22. The first-order valence-electron chi connectivity index (χ1n) is 8.34. The van der Waals surface area contributed by atoms with E-state index in [9.17, 15) is 4.79 Å². The highest BCUT2D eigenvalue weighted by Crippen LogP contribution is 2.29. The van der Waals surface area contributed by atoms with Crippen molar-refractivity contribution >= 4 is 17.2 Å². The lowest BCUT2D eigenvalue weighted by molar-refractivity contribution is -0.132. The van der Waals surface area contributed by atoms with E-state index in [2.05, 4.69) is 16.4 Å². The predicted octanol–water partition coefficient (Wildman–Crippen LogP) is 3.66. The topological polar surface area (TPSA) is 57.0 Å². The van der Waals surface area contributed by atoms with Gasteiger partial charge in [-0.15, -0.1) is 11.3 Å². The molecule has 2 aromatic rings. The normalized spacial score (nSPS) is 17.5. The van der Waals surface area contributed by atoms with Crippen LogP contribution in [0.15, 0.2) is 29.6 Å². The molecule has 124 valence electrons. The summed E-state index contributed by atoms with van der Waals surface area (Å²) in [5.41, 5.74) is 2.83. The molecule has 1 fully saturated rings. The molecule has 1 saturated heterocycles. The van der Waals surface area contributed by atoms with Crippen molar-refractivity contribution in [3.63, 3.8) is 0 Å². The number of piperidine rings is 1. The van der Waals surface area contributed by atoms with E-state index in [0.717, 1.165) is 48.6 Å². The van der Waals surface area contributed by atoms with Crippen LogP contribution in [0.1, 0.15) is 47.0 Å². The molecule has 1 aliphatic rings. The summed E-state index contributed by atoms with van der Waals surface area (Å²) >= 11 is 1.71. The Morgan fingerprint density at radius 3 is 2.88 bits per heavy atom. The fourth-order valence-corrected chi connectivity index (χ4v) is 4.05. The fraction of sp³-hybridized carbons (Fsp3) is 0.421. The van der Waals surface area contributed by atoms with Crippen molar-refractivity contribution in [3.05, 3.63) is 51.5 Å². The Morgan fingerprint density at radius 2 is 2.21 bits per heavy atom. The molecule has 5 heteroatoms. The molecule has 0 spiro atoms. The summed E-state index contributed by atoms with van der Waals surface area (Å²) in [4.78, 5) is 19.1. The maximum absolute atomic E-state index is 12.5. The van der Waals surface area contributed by atoms with E-state index in [-0.39, 0.29) is 5.91 Å². The molecule has 4 nitrogen and oxygen atoms in total. The van der Waals surface area contributed by atoms with Crippen molar-refractivity contribution in [1.29, 1.82) is 5.26 Å². The molecule has 0 radical (unpaired) electrons. The van der Waals surface area contributed by atoms with Gasteiger partial charge >= 0.3 is 0 Å². The summed E-state index contributed by atoms with van der Waals surface area (Å²) in [6.45, 7) is 3.66. The van der Waals surface area contributed by atoms with Crippen molar-refractivity contribution in [2.45, 2.75) is 38.5 Å². The van der Waals surface area contributed by atoms with E-state index >= 15 is 0 Å². The molecule has 1 aliphatic heterocycles. The maximum atomic E-state index is 12.5. The number of carbonyl (C=O) groups is 1. The molecule has 0 bridgehead atoms. The Hall–Kier alpha value is -2.19. The molecule has 2 heterocycles. The molecule has 1 amide bonds. The van der Waals surface area contributed by atoms with Crippen molar-refractivity contribution in [2.75, 3.05) is 13.1 Å². The fourth-order valence-electron chi connectivity index (χ4n) is 3.12. The number of carbonyl (C=O) groups excluding carboxylic acids is 1. The van der Waals surface area contributed by atoms with Crippen LogP contribution < -0.4 is 0 Å². The van der Waals surface area contributed by atoms with Crippen LogP contribution in [0.2, 0.25) is 0 Å². The van der Waals surface area contributed by atoms with Crippen molar-refractivity contribution in [3.8, 4) is 6.07 Å². The number of aryl methyl sites for hydroxylation is 2. The quantitative estimate of drug-likeness (QED) is 0.854. The van der Waals surface area contributed by atoms with Crippen molar-refractivity contribution < 1.29 is 4.79 Å². The number of nitrogens with zero attached hydrogens (tertiary/aromatic N) is 3. The first-order chi connectivity index (χ1) is 11.7. The van der Waals surface area contributed by atoms with Crippen molar-refractivity contribution in [2.24, 2.45) is 0 Å². The van der Waals surface area contributed by atoms with Gasteiger partial charge in [0.1, 0.15) is 0 Å². The van der Waals surface area contributed by atoms with Crippen molar-refractivity contribution in [1.82, 2.24) is 9.88 Å². The standard InChI is InChI=1S/C19H21N3OS/c1-14-13-24-19(21-14)17-3-2-10-22(12-17)18(23)9-8-15-4-6-16(11-20)7-5-15/h4-7,13,17H,2-3,8-10,12H2,1H3/t17-/m1/s1. The summed E-state index contributed by atoms with van der Waals surface area (Å²) in [5.74, 6) is 0.605. The third-order valence-electron chi connectivity index (χ3n) is 4.47. The number of benzene rings is 1. The second kappa shape index (κ2) is 7.59. The van der Waals surface area contributed by atoms with Crippen LogP contribution in [0.3, 0.4) is 0 Å². The molecular weight excluding hydrogens is 318 g/mol. The molecule has 1 atom stereocenters. The lowest BCUT2D eigenvalue weighted by atomic mass is 9.98. The number of amides is 1. The third kappa shape index (κ3) is 4.01. The van der Waals surface area contributed by atoms with Gasteiger partial charge in [0.15, 0.2) is 0 Å². The maximum Gasteiger partial charge on any atom is 0.222 e. The van der Waals surface area contributed by atoms with Crippen LogP contribution in [-0.4, -0.2) is 28.9 Å². The molecule has 0 saturated carbocycles. The molecule has 1 aromatic carbocycles. The van der Waals surface area contributed by atoms with Gasteiger partial charge < -0.3 is 4.90 Å². The minimum atomic E-state index is 0.220. The molecule has 0 aliphatic carbocycles. The number of nitriles is 1. The molecule has 0 N–H and O–H groups in total. The van der Waals surface area contributed by atoms with Crippen LogP contribution in [0.25, 0.3) is 0 Å². The number of hydrogen-bond donors (Lipinski definition) is 0. The van der Waals surface area contributed by atoms with E-state index in [0.29, 0.717) is 17.9 Å². The zero-order chi connectivity index (χ0) is 16.9. The summed E-state index contributed by atoms with van der Waals surface area (Å²) in [6, 6.07) is 9.59. The van der Waals surface area contributed by atoms with Gasteiger partial charge in [0.25, 0.3) is 0 Å². The Bertz CT molecular complexity index is 745. The Morgan fingerprint density at radius 1 is 1.42 bits per heavy atom. The number of rotatable bonds is 4. The Kier molecular flexibility index (Phi) is 5.27. The molecule has 3 rings (SSSR count). The highest BCUT2D eigenvalue weighted by molar-refractivity contribution is 7.09. The van der Waals surface area contributed by atoms with Gasteiger partial charge in [-0.05, 0) is 43.9 Å². The van der Waals surface area contributed by atoms with E-state index in [1.807, 2.05) is 36.1 Å². The average molecular weight is 339 g/mol. The Labute approximate surface area is 146 Å². The number of thiazole rings is 1. The van der Waals surface area contributed by atoms with Gasteiger partial charge in [0, 0.05) is 36.5 Å². The van der Waals surface area contributed by atoms with E-state index in [1.54, 1.807) is 11.3 Å². The van der Waals surface area contributed by atoms with Crippen LogP contribution >= 0.6 is 11.3 Å². The first kappa shape index (κ1) is 16.7. The van der Waals surface area contributed by atoms with Crippen LogP contribution in [0.4, 0.5) is 0 Å². The smallest absolute Gasteiger partial charge is 0.222 e. The SMILES string of the molecule is Cc1csc([C@@H]2CCCN(C(=O)CCc3ccc(C#N)cc3)C2)n1. The van der Waals surface area contributed by atoms with Gasteiger partial charge in [-0.25, -0.2) is 4.98 Å². The highest BCUT2D eigenvalue weighted by Gasteiger charge is 2.26. The zero-order valence-corrected chi connectivity index (χ0v) is 14.7. The lowest BCUT2D eigenvalue weighted by Gasteiger charge is -2.32. The van der Waals surface area contributed by atoms with Gasteiger partial charge in [-0.2, -0.15) is 5.26 Å². The number of likely N-dealkylation sites (tertiary alicyclic amines) is 1. The van der Waals surface area contributed by atoms with Crippen LogP contribution in [0.5, 0.6) is 0 Å². The molecule has 0 unspecified atom stereocenters. The number of hydrogen-bond acceptors (Lipinski definition) is 4. The molecular formula is C19H21N3OS. The van der Waals surface area contributed by atoms with E-state index < -0.39 is 0 Å². The van der Waals surface area contributed by atoms with Gasteiger partial charge in [0.2, 0.25) is 5.91 Å². The van der Waals surface area contributed by atoms with Gasteiger partial charge in [-0.3, -0.25) is 4.79 Å². The molecule has 1 aromatic heterocycles. The molecule has 24 heavy (non-hydrogen) atoms. The number of aromatic nitrogens is 1. The summed E-state index contributed by atoms with van der Waals surface area (Å²) < 4.78 is 0. The zero-order valence-electron chi connectivity index (χ0n) is 13.9. The monoisotopic (exact) mass is 339 g/mol. The average Bonchev–Trinajstić information content (AvgIpc) is 3.06. The van der Waals surface area contributed by atoms with Gasteiger partial charge in [-0.1, -0.05) is 12.1 Å². The van der Waals surface area contributed by atoms with Gasteiger partial charge in [0.05, 0.1) is 16.6 Å². The second-order valence-corrected chi connectivity index (χ2v) is 7.20. The van der Waals surface area contributed by atoms with Crippen LogP contribution in [0, 0.1) is 18.3 Å². The lowest BCUT2D eigenvalue weighted by Crippen LogP contribution is -2.39. The van der Waals surface area contributed by atoms with Crippen LogP contribution in [-0.2, 0) is 11.2 Å². The minimum absolute atomic E-state index is 0.220. The third-order valence-corrected chi connectivity index (χ3v) is 5.60. The largest absolute Gasteiger partial charge is 0.342 e.